The van der Waals surface area contributed by atoms with E-state index in [-0.39, 0.29) is 24.1 Å². The number of benzene rings is 3. The van der Waals surface area contributed by atoms with Crippen molar-refractivity contribution >= 4 is 40.4 Å². The predicted molar refractivity (Wildman–Crippen MR) is 171 cm³/mol. The summed E-state index contributed by atoms with van der Waals surface area (Å²) in [5.74, 6) is 0.124. The standard InChI is InChI=1S/C35H38N2O4S/c1-4-6-8-21-32(38)37(3)23-27-22-26(24-42-27)28-18-13-20-31(35(28)41-33(39)14-5-2)36-30-19-12-11-17-29(30)34(40)25-15-9-7-10-16-25/h7,9-13,15-20,22,24,36H,4-6,8,14,21,23H2,1-3H3. The topological polar surface area (TPSA) is 75.7 Å². The lowest BCUT2D eigenvalue weighted by Gasteiger charge is -2.18. The molecule has 1 amide bonds. The van der Waals surface area contributed by atoms with Gasteiger partial charge in [0, 0.05) is 47.1 Å². The third kappa shape index (κ3) is 7.95. The zero-order chi connectivity index (χ0) is 29.9. The highest BCUT2D eigenvalue weighted by Crippen LogP contribution is 2.40. The Bertz CT molecular complexity index is 1510. The molecule has 4 rings (SSSR count). The van der Waals surface area contributed by atoms with Crippen molar-refractivity contribution in [1.29, 1.82) is 0 Å². The predicted octanol–water partition coefficient (Wildman–Crippen LogP) is 8.63. The number of ether oxygens (including phenoxy) is 1. The Morgan fingerprint density at radius 2 is 1.57 bits per heavy atom. The summed E-state index contributed by atoms with van der Waals surface area (Å²) in [6, 6.07) is 24.2. The molecule has 6 nitrogen and oxygen atoms in total. The third-order valence-electron chi connectivity index (χ3n) is 6.94. The van der Waals surface area contributed by atoms with Crippen LogP contribution in [-0.4, -0.2) is 29.6 Å². The minimum Gasteiger partial charge on any atom is -0.424 e. The summed E-state index contributed by atoms with van der Waals surface area (Å²) in [5.41, 5.74) is 3.97. The van der Waals surface area contributed by atoms with E-state index >= 15 is 0 Å². The van der Waals surface area contributed by atoms with Crippen molar-refractivity contribution in [1.82, 2.24) is 4.90 Å². The minimum atomic E-state index is -0.325. The van der Waals surface area contributed by atoms with E-state index in [1.807, 2.05) is 80.0 Å². The number of rotatable bonds is 14. The lowest BCUT2D eigenvalue weighted by atomic mass is 10.0. The van der Waals surface area contributed by atoms with Crippen molar-refractivity contribution in [3.63, 3.8) is 0 Å². The lowest BCUT2D eigenvalue weighted by molar-refractivity contribution is -0.134. The number of thiophene rings is 1. The zero-order valence-corrected chi connectivity index (χ0v) is 25.3. The highest BCUT2D eigenvalue weighted by molar-refractivity contribution is 7.10. The molecule has 0 atom stereocenters. The Morgan fingerprint density at radius 3 is 2.33 bits per heavy atom. The molecule has 0 spiro atoms. The number of nitrogens with one attached hydrogen (secondary N) is 1. The Balaban J connectivity index is 1.64. The maximum Gasteiger partial charge on any atom is 0.311 e. The van der Waals surface area contributed by atoms with Gasteiger partial charge in [-0.05, 0) is 48.1 Å². The molecule has 1 aromatic heterocycles. The van der Waals surface area contributed by atoms with Crippen LogP contribution in [0.4, 0.5) is 11.4 Å². The fourth-order valence-electron chi connectivity index (χ4n) is 4.67. The number of hydrogen-bond acceptors (Lipinski definition) is 6. The molecular formula is C35H38N2O4S. The fraction of sp³-hybridized carbons (Fsp3) is 0.286. The summed E-state index contributed by atoms with van der Waals surface area (Å²) in [7, 11) is 1.84. The first kappa shape index (κ1) is 30.7. The van der Waals surface area contributed by atoms with Crippen LogP contribution in [0.15, 0.2) is 84.2 Å². The minimum absolute atomic E-state index is 0.102. The van der Waals surface area contributed by atoms with Gasteiger partial charge in [-0.2, -0.15) is 0 Å². The van der Waals surface area contributed by atoms with E-state index < -0.39 is 0 Å². The molecule has 0 fully saturated rings. The highest BCUT2D eigenvalue weighted by atomic mass is 32.1. The number of carbonyl (C=O) groups excluding carboxylic acids is 3. The van der Waals surface area contributed by atoms with Crippen molar-refractivity contribution in [3.05, 3.63) is 100 Å². The van der Waals surface area contributed by atoms with Gasteiger partial charge in [0.05, 0.1) is 12.2 Å². The van der Waals surface area contributed by atoms with E-state index in [1.54, 1.807) is 34.4 Å². The zero-order valence-electron chi connectivity index (χ0n) is 24.5. The van der Waals surface area contributed by atoms with E-state index in [0.717, 1.165) is 35.3 Å². The number of anilines is 2. The Morgan fingerprint density at radius 1 is 0.833 bits per heavy atom. The van der Waals surface area contributed by atoms with E-state index in [0.29, 0.717) is 47.6 Å². The second-order valence-electron chi connectivity index (χ2n) is 10.3. The SMILES string of the molecule is CCCCCC(=O)N(C)Cc1cc(-c2cccc(Nc3ccccc3C(=O)c3ccccc3)c2OC(=O)CCC)cs1. The van der Waals surface area contributed by atoms with Crippen LogP contribution in [0.1, 0.15) is 73.2 Å². The molecule has 3 aromatic carbocycles. The molecule has 0 saturated carbocycles. The first-order valence-electron chi connectivity index (χ1n) is 14.5. The molecule has 42 heavy (non-hydrogen) atoms. The van der Waals surface area contributed by atoms with Crippen LogP contribution >= 0.6 is 11.3 Å². The highest BCUT2D eigenvalue weighted by Gasteiger charge is 2.20. The number of carbonyl (C=O) groups is 3. The molecule has 1 N–H and O–H groups in total. The van der Waals surface area contributed by atoms with Crippen molar-refractivity contribution in [3.8, 4) is 16.9 Å². The summed E-state index contributed by atoms with van der Waals surface area (Å²) >= 11 is 1.57. The number of esters is 1. The van der Waals surface area contributed by atoms with Crippen LogP contribution < -0.4 is 10.1 Å². The first-order chi connectivity index (χ1) is 20.4. The summed E-state index contributed by atoms with van der Waals surface area (Å²) < 4.78 is 5.97. The van der Waals surface area contributed by atoms with Gasteiger partial charge in [-0.3, -0.25) is 14.4 Å². The molecule has 0 aliphatic rings. The van der Waals surface area contributed by atoms with Crippen LogP contribution in [0.5, 0.6) is 5.75 Å². The molecule has 7 heteroatoms. The third-order valence-corrected chi connectivity index (χ3v) is 7.86. The van der Waals surface area contributed by atoms with Gasteiger partial charge in [-0.1, -0.05) is 81.3 Å². The molecule has 0 saturated heterocycles. The Hall–Kier alpha value is -4.23. The average molecular weight is 583 g/mol. The number of unbranched alkanes of at least 4 members (excludes halogenated alkanes) is 2. The van der Waals surface area contributed by atoms with Crippen LogP contribution in [0, 0.1) is 0 Å². The van der Waals surface area contributed by atoms with Crippen molar-refractivity contribution < 1.29 is 19.1 Å². The summed E-state index contributed by atoms with van der Waals surface area (Å²) in [5, 5.41) is 5.40. The van der Waals surface area contributed by atoms with E-state index in [4.69, 9.17) is 4.74 Å². The summed E-state index contributed by atoms with van der Waals surface area (Å²) in [6.07, 6.45) is 4.55. The molecular weight excluding hydrogens is 544 g/mol. The number of nitrogens with zero attached hydrogens (tertiary/aromatic N) is 1. The molecule has 1 heterocycles. The second kappa shape index (κ2) is 15.1. The number of ketones is 1. The van der Waals surface area contributed by atoms with Gasteiger partial charge < -0.3 is 15.0 Å². The van der Waals surface area contributed by atoms with Gasteiger partial charge in [0.15, 0.2) is 11.5 Å². The van der Waals surface area contributed by atoms with Crippen molar-refractivity contribution in [2.45, 2.75) is 58.9 Å². The fourth-order valence-corrected chi connectivity index (χ4v) is 5.60. The maximum absolute atomic E-state index is 13.4. The normalized spacial score (nSPS) is 10.7. The quantitative estimate of drug-likeness (QED) is 0.0697. The van der Waals surface area contributed by atoms with Crippen LogP contribution in [0.25, 0.3) is 11.1 Å². The molecule has 0 unspecified atom stereocenters. The van der Waals surface area contributed by atoms with Gasteiger partial charge in [0.2, 0.25) is 5.91 Å². The van der Waals surface area contributed by atoms with Crippen molar-refractivity contribution in [2.24, 2.45) is 0 Å². The smallest absolute Gasteiger partial charge is 0.311 e. The average Bonchev–Trinajstić information content (AvgIpc) is 3.46. The van der Waals surface area contributed by atoms with Crippen molar-refractivity contribution in [2.75, 3.05) is 12.4 Å². The van der Waals surface area contributed by atoms with E-state index in [2.05, 4.69) is 12.2 Å². The maximum atomic E-state index is 13.4. The van der Waals surface area contributed by atoms with Gasteiger partial charge in [-0.15, -0.1) is 11.3 Å². The van der Waals surface area contributed by atoms with E-state index in [1.165, 1.54) is 0 Å². The largest absolute Gasteiger partial charge is 0.424 e. The summed E-state index contributed by atoms with van der Waals surface area (Å²) in [4.78, 5) is 41.5. The number of para-hydroxylation sites is 2. The molecule has 0 bridgehead atoms. The van der Waals surface area contributed by atoms with Gasteiger partial charge in [0.1, 0.15) is 0 Å². The molecule has 0 aliphatic carbocycles. The second-order valence-corrected chi connectivity index (χ2v) is 11.3. The monoisotopic (exact) mass is 582 g/mol. The number of hydrogen-bond donors (Lipinski definition) is 1. The Labute approximate surface area is 252 Å². The molecule has 218 valence electrons. The molecule has 0 aliphatic heterocycles. The summed E-state index contributed by atoms with van der Waals surface area (Å²) in [6.45, 7) is 4.58. The van der Waals surface area contributed by atoms with Crippen LogP contribution in [0.3, 0.4) is 0 Å². The van der Waals surface area contributed by atoms with Crippen LogP contribution in [0.2, 0.25) is 0 Å². The lowest BCUT2D eigenvalue weighted by Crippen LogP contribution is -2.25. The van der Waals surface area contributed by atoms with Gasteiger partial charge in [-0.25, -0.2) is 0 Å². The van der Waals surface area contributed by atoms with Crippen LogP contribution in [-0.2, 0) is 16.1 Å². The molecule has 0 radical (unpaired) electrons. The van der Waals surface area contributed by atoms with Gasteiger partial charge in [0.25, 0.3) is 0 Å². The molecule has 4 aromatic rings. The first-order valence-corrected chi connectivity index (χ1v) is 15.4. The Kier molecular flexibility index (Phi) is 11.1. The number of amides is 1. The van der Waals surface area contributed by atoms with E-state index in [9.17, 15) is 14.4 Å². The van der Waals surface area contributed by atoms with Gasteiger partial charge >= 0.3 is 5.97 Å².